The van der Waals surface area contributed by atoms with Gasteiger partial charge in [0.05, 0.1) is 17.1 Å². The van der Waals surface area contributed by atoms with Gasteiger partial charge in [-0.25, -0.2) is 4.79 Å². The first-order valence-electron chi connectivity index (χ1n) is 6.84. The number of imidazole rings is 1. The average molecular weight is 260 g/mol. The summed E-state index contributed by atoms with van der Waals surface area (Å²) >= 11 is 0. The van der Waals surface area contributed by atoms with Gasteiger partial charge in [0.25, 0.3) is 0 Å². The second kappa shape index (κ2) is 5.43. The van der Waals surface area contributed by atoms with Crippen LogP contribution in [0.25, 0.3) is 11.0 Å². The molecular weight excluding hydrogens is 240 g/mol. The normalized spacial score (nSPS) is 12.8. The zero-order chi connectivity index (χ0) is 14.0. The second-order valence-corrected chi connectivity index (χ2v) is 4.79. The van der Waals surface area contributed by atoms with Gasteiger partial charge >= 0.3 is 5.69 Å². The molecule has 4 nitrogen and oxygen atoms in total. The zero-order valence-corrected chi connectivity index (χ0v) is 11.7. The van der Waals surface area contributed by atoms with Crippen molar-refractivity contribution < 1.29 is 4.79 Å². The second-order valence-electron chi connectivity index (χ2n) is 4.79. The molecule has 0 aliphatic heterocycles. The standard InChI is InChI=1S/C15H20N2O2/c1-4-10-16-12-8-6-7-9-13(12)17(15(16)19)11(3)14(18)5-2/h6-9,11H,4-5,10H2,1-3H3. The number of ketones is 1. The first kappa shape index (κ1) is 13.6. The molecule has 2 rings (SSSR count). The Morgan fingerprint density at radius 2 is 1.84 bits per heavy atom. The van der Waals surface area contributed by atoms with Gasteiger partial charge < -0.3 is 0 Å². The van der Waals surface area contributed by atoms with E-state index in [1.54, 1.807) is 16.1 Å². The molecule has 1 atom stereocenters. The zero-order valence-electron chi connectivity index (χ0n) is 11.7. The highest BCUT2D eigenvalue weighted by Gasteiger charge is 2.20. The van der Waals surface area contributed by atoms with Crippen LogP contribution in [0.1, 0.15) is 39.7 Å². The number of hydrogen-bond acceptors (Lipinski definition) is 2. The summed E-state index contributed by atoms with van der Waals surface area (Å²) in [5.41, 5.74) is 1.66. The third-order valence-corrected chi connectivity index (χ3v) is 3.52. The van der Waals surface area contributed by atoms with Crippen LogP contribution in [0, 0.1) is 0 Å². The lowest BCUT2D eigenvalue weighted by atomic mass is 10.1. The number of hydrogen-bond donors (Lipinski definition) is 0. The summed E-state index contributed by atoms with van der Waals surface area (Å²) in [7, 11) is 0. The largest absolute Gasteiger partial charge is 0.329 e. The van der Waals surface area contributed by atoms with Crippen LogP contribution in [-0.4, -0.2) is 14.9 Å². The van der Waals surface area contributed by atoms with Gasteiger partial charge in [0.2, 0.25) is 0 Å². The Kier molecular flexibility index (Phi) is 3.88. The van der Waals surface area contributed by atoms with E-state index in [9.17, 15) is 9.59 Å². The van der Waals surface area contributed by atoms with Crippen molar-refractivity contribution in [3.05, 3.63) is 34.7 Å². The topological polar surface area (TPSA) is 44.0 Å². The minimum atomic E-state index is -0.402. The fourth-order valence-electron chi connectivity index (χ4n) is 2.49. The fourth-order valence-corrected chi connectivity index (χ4v) is 2.49. The maximum absolute atomic E-state index is 12.5. The molecule has 2 aromatic rings. The molecule has 1 aromatic carbocycles. The minimum absolute atomic E-state index is 0.0847. The third kappa shape index (κ3) is 2.23. The first-order valence-corrected chi connectivity index (χ1v) is 6.84. The highest BCUT2D eigenvalue weighted by Crippen LogP contribution is 2.18. The van der Waals surface area contributed by atoms with Gasteiger partial charge in [0.1, 0.15) is 0 Å². The fraction of sp³-hybridized carbons (Fsp3) is 0.467. The molecule has 0 aliphatic rings. The van der Waals surface area contributed by atoms with Crippen molar-refractivity contribution in [3.8, 4) is 0 Å². The van der Waals surface area contributed by atoms with Crippen molar-refractivity contribution in [3.63, 3.8) is 0 Å². The average Bonchev–Trinajstić information content (AvgIpc) is 2.71. The Hall–Kier alpha value is -1.84. The molecular formula is C15H20N2O2. The number of rotatable bonds is 5. The van der Waals surface area contributed by atoms with Gasteiger partial charge in [0, 0.05) is 13.0 Å². The number of benzene rings is 1. The quantitative estimate of drug-likeness (QED) is 0.829. The number of aromatic nitrogens is 2. The molecule has 0 radical (unpaired) electrons. The lowest BCUT2D eigenvalue weighted by Gasteiger charge is -2.10. The maximum Gasteiger partial charge on any atom is 0.329 e. The summed E-state index contributed by atoms with van der Waals surface area (Å²) in [4.78, 5) is 24.4. The van der Waals surface area contributed by atoms with E-state index < -0.39 is 6.04 Å². The summed E-state index contributed by atoms with van der Waals surface area (Å²) in [6, 6.07) is 7.26. The van der Waals surface area contributed by atoms with E-state index in [1.807, 2.05) is 38.1 Å². The molecule has 1 aromatic heterocycles. The van der Waals surface area contributed by atoms with E-state index >= 15 is 0 Å². The molecule has 1 unspecified atom stereocenters. The Morgan fingerprint density at radius 3 is 2.42 bits per heavy atom. The summed E-state index contributed by atoms with van der Waals surface area (Å²) in [6.45, 7) is 6.35. The van der Waals surface area contributed by atoms with E-state index in [1.165, 1.54) is 0 Å². The van der Waals surface area contributed by atoms with Crippen LogP contribution >= 0.6 is 0 Å². The van der Waals surface area contributed by atoms with Crippen molar-refractivity contribution in [2.45, 2.75) is 46.2 Å². The van der Waals surface area contributed by atoms with Crippen LogP contribution in [-0.2, 0) is 11.3 Å². The van der Waals surface area contributed by atoms with Crippen LogP contribution in [0.5, 0.6) is 0 Å². The Balaban J connectivity index is 2.70. The van der Waals surface area contributed by atoms with Gasteiger partial charge in [-0.15, -0.1) is 0 Å². The molecule has 102 valence electrons. The third-order valence-electron chi connectivity index (χ3n) is 3.52. The van der Waals surface area contributed by atoms with Crippen molar-refractivity contribution >= 4 is 16.8 Å². The molecule has 0 spiro atoms. The number of para-hydroxylation sites is 2. The maximum atomic E-state index is 12.5. The van der Waals surface area contributed by atoms with E-state index in [4.69, 9.17) is 0 Å². The highest BCUT2D eigenvalue weighted by molar-refractivity contribution is 5.85. The van der Waals surface area contributed by atoms with Gasteiger partial charge in [-0.3, -0.25) is 13.9 Å². The van der Waals surface area contributed by atoms with Crippen molar-refractivity contribution in [2.75, 3.05) is 0 Å². The molecule has 0 N–H and O–H groups in total. The van der Waals surface area contributed by atoms with E-state index in [0.29, 0.717) is 13.0 Å². The first-order chi connectivity index (χ1) is 9.11. The van der Waals surface area contributed by atoms with Gasteiger partial charge in [-0.05, 0) is 25.5 Å². The molecule has 0 saturated carbocycles. The molecule has 0 bridgehead atoms. The Bertz CT molecular complexity index is 652. The van der Waals surface area contributed by atoms with Crippen LogP contribution < -0.4 is 5.69 Å². The van der Waals surface area contributed by atoms with E-state index in [0.717, 1.165) is 17.5 Å². The van der Waals surface area contributed by atoms with Gasteiger partial charge in [-0.2, -0.15) is 0 Å². The molecule has 0 saturated heterocycles. The Labute approximate surface area is 112 Å². The summed E-state index contributed by atoms with van der Waals surface area (Å²) in [5.74, 6) is 0.0847. The van der Waals surface area contributed by atoms with Gasteiger partial charge in [-0.1, -0.05) is 26.0 Å². The van der Waals surface area contributed by atoms with Crippen LogP contribution in [0.4, 0.5) is 0 Å². The number of fused-ring (bicyclic) bond motifs is 1. The predicted octanol–water partition coefficient (Wildman–Crippen LogP) is 2.75. The van der Waals surface area contributed by atoms with Crippen molar-refractivity contribution in [1.82, 2.24) is 9.13 Å². The smallest absolute Gasteiger partial charge is 0.297 e. The summed E-state index contributed by atoms with van der Waals surface area (Å²) < 4.78 is 3.38. The van der Waals surface area contributed by atoms with Gasteiger partial charge in [0.15, 0.2) is 5.78 Å². The molecule has 1 heterocycles. The molecule has 0 amide bonds. The van der Waals surface area contributed by atoms with Crippen molar-refractivity contribution in [1.29, 1.82) is 0 Å². The molecule has 0 aliphatic carbocycles. The minimum Gasteiger partial charge on any atom is -0.297 e. The summed E-state index contributed by atoms with van der Waals surface area (Å²) in [6.07, 6.45) is 1.34. The number of carbonyl (C=O) groups excluding carboxylic acids is 1. The molecule has 0 fully saturated rings. The lowest BCUT2D eigenvalue weighted by Crippen LogP contribution is -2.29. The van der Waals surface area contributed by atoms with Crippen molar-refractivity contribution in [2.24, 2.45) is 0 Å². The van der Waals surface area contributed by atoms with Crippen LogP contribution in [0.15, 0.2) is 29.1 Å². The van der Waals surface area contributed by atoms with E-state index in [-0.39, 0.29) is 11.5 Å². The van der Waals surface area contributed by atoms with E-state index in [2.05, 4.69) is 0 Å². The number of carbonyl (C=O) groups is 1. The highest BCUT2D eigenvalue weighted by atomic mass is 16.2. The molecule has 4 heteroatoms. The number of Topliss-reactive ketones (excluding diaryl/α,β-unsaturated/α-hetero) is 1. The monoisotopic (exact) mass is 260 g/mol. The molecule has 19 heavy (non-hydrogen) atoms. The predicted molar refractivity (Wildman–Crippen MR) is 76.5 cm³/mol. The number of nitrogens with zero attached hydrogens (tertiary/aromatic N) is 2. The number of aryl methyl sites for hydroxylation is 1. The van der Waals surface area contributed by atoms with Crippen LogP contribution in [0.3, 0.4) is 0 Å². The Morgan fingerprint density at radius 1 is 1.21 bits per heavy atom. The summed E-state index contributed by atoms with van der Waals surface area (Å²) in [5, 5.41) is 0. The van der Waals surface area contributed by atoms with Crippen LogP contribution in [0.2, 0.25) is 0 Å². The lowest BCUT2D eigenvalue weighted by molar-refractivity contribution is -0.121. The SMILES string of the molecule is CCCn1c(=O)n(C(C)C(=O)CC)c2ccccc21.